The summed E-state index contributed by atoms with van der Waals surface area (Å²) < 4.78 is 5.16. The monoisotopic (exact) mass is 227 g/mol. The fourth-order valence-corrected chi connectivity index (χ4v) is 1.19. The second kappa shape index (κ2) is 4.65. The molecule has 0 radical (unpaired) electrons. The van der Waals surface area contributed by atoms with Crippen molar-refractivity contribution in [1.29, 1.82) is 0 Å². The van der Waals surface area contributed by atoms with E-state index in [1.165, 1.54) is 6.08 Å². The molecule has 0 saturated heterocycles. The molecule has 1 amide bonds. The number of esters is 1. The number of rotatable bonds is 2. The summed E-state index contributed by atoms with van der Waals surface area (Å²) in [4.78, 5) is 28.2. The van der Waals surface area contributed by atoms with Gasteiger partial charge in [0, 0.05) is 6.08 Å². The summed E-state index contributed by atoms with van der Waals surface area (Å²) in [5.74, 6) is -0.819. The standard InChI is InChI=1S/C11H17NO4/c1-8(10(14)16-11(2,3)4)12-9(13)6-5-7-15-12/h5-6,8H,7H2,1-4H3. The summed E-state index contributed by atoms with van der Waals surface area (Å²) in [6.45, 7) is 7.19. The van der Waals surface area contributed by atoms with Crippen molar-refractivity contribution in [3.8, 4) is 0 Å². The van der Waals surface area contributed by atoms with E-state index in [-0.39, 0.29) is 5.91 Å². The summed E-state index contributed by atoms with van der Waals surface area (Å²) in [5, 5.41) is 1.04. The van der Waals surface area contributed by atoms with E-state index in [1.54, 1.807) is 33.8 Å². The molecule has 16 heavy (non-hydrogen) atoms. The highest BCUT2D eigenvalue weighted by Gasteiger charge is 2.30. The van der Waals surface area contributed by atoms with Crippen molar-refractivity contribution < 1.29 is 19.2 Å². The third kappa shape index (κ3) is 3.34. The van der Waals surface area contributed by atoms with Crippen LogP contribution in [-0.4, -0.2) is 35.2 Å². The van der Waals surface area contributed by atoms with Gasteiger partial charge >= 0.3 is 5.97 Å². The van der Waals surface area contributed by atoms with E-state index >= 15 is 0 Å². The maximum Gasteiger partial charge on any atom is 0.331 e. The first-order valence-corrected chi connectivity index (χ1v) is 5.17. The van der Waals surface area contributed by atoms with Crippen LogP contribution in [0.2, 0.25) is 0 Å². The number of carbonyl (C=O) groups is 2. The summed E-state index contributed by atoms with van der Waals surface area (Å²) in [7, 11) is 0. The average molecular weight is 227 g/mol. The molecule has 5 heteroatoms. The molecule has 1 unspecified atom stereocenters. The van der Waals surface area contributed by atoms with Crippen molar-refractivity contribution in [2.75, 3.05) is 6.61 Å². The first kappa shape index (κ1) is 12.7. The molecule has 0 bridgehead atoms. The van der Waals surface area contributed by atoms with E-state index in [0.717, 1.165) is 5.06 Å². The van der Waals surface area contributed by atoms with E-state index in [1.807, 2.05) is 0 Å². The predicted molar refractivity (Wildman–Crippen MR) is 57.2 cm³/mol. The lowest BCUT2D eigenvalue weighted by atomic mass is 10.2. The predicted octanol–water partition coefficient (Wildman–Crippen LogP) is 1.05. The minimum atomic E-state index is -0.739. The van der Waals surface area contributed by atoms with Gasteiger partial charge in [0.25, 0.3) is 5.91 Å². The number of nitrogens with zero attached hydrogens (tertiary/aromatic N) is 1. The highest BCUT2D eigenvalue weighted by atomic mass is 16.7. The molecule has 0 aromatic carbocycles. The van der Waals surface area contributed by atoms with Crippen molar-refractivity contribution in [2.24, 2.45) is 0 Å². The first-order chi connectivity index (χ1) is 7.31. The van der Waals surface area contributed by atoms with Crippen LogP contribution in [0.25, 0.3) is 0 Å². The van der Waals surface area contributed by atoms with E-state index in [9.17, 15) is 9.59 Å². The lowest BCUT2D eigenvalue weighted by Gasteiger charge is -2.29. The van der Waals surface area contributed by atoms with Crippen LogP contribution in [-0.2, 0) is 19.2 Å². The number of amides is 1. The molecule has 0 aromatic heterocycles. The van der Waals surface area contributed by atoms with Gasteiger partial charge in [-0.1, -0.05) is 6.08 Å². The Bertz CT molecular complexity index is 316. The molecular weight excluding hydrogens is 210 g/mol. The number of hydroxylamine groups is 2. The molecule has 1 aliphatic rings. The van der Waals surface area contributed by atoms with E-state index < -0.39 is 17.6 Å². The van der Waals surface area contributed by atoms with Crippen LogP contribution in [0.4, 0.5) is 0 Å². The summed E-state index contributed by atoms with van der Waals surface area (Å²) in [5.41, 5.74) is -0.569. The number of hydrogen-bond acceptors (Lipinski definition) is 4. The second-order valence-corrected chi connectivity index (χ2v) is 4.57. The SMILES string of the molecule is CC(C(=O)OC(C)(C)C)N1OCC=CC1=O. The lowest BCUT2D eigenvalue weighted by Crippen LogP contribution is -2.46. The Labute approximate surface area is 95.0 Å². The first-order valence-electron chi connectivity index (χ1n) is 5.17. The van der Waals surface area contributed by atoms with E-state index in [0.29, 0.717) is 6.61 Å². The largest absolute Gasteiger partial charge is 0.458 e. The van der Waals surface area contributed by atoms with Crippen LogP contribution in [0.3, 0.4) is 0 Å². The van der Waals surface area contributed by atoms with Crippen LogP contribution in [0.1, 0.15) is 27.7 Å². The summed E-state index contributed by atoms with van der Waals surface area (Å²) in [6.07, 6.45) is 2.98. The maximum atomic E-state index is 11.7. The van der Waals surface area contributed by atoms with Crippen LogP contribution in [0.5, 0.6) is 0 Å². The summed E-state index contributed by atoms with van der Waals surface area (Å²) >= 11 is 0. The van der Waals surface area contributed by atoms with E-state index in [4.69, 9.17) is 9.57 Å². The lowest BCUT2D eigenvalue weighted by molar-refractivity contribution is -0.205. The van der Waals surface area contributed by atoms with Gasteiger partial charge in [-0.05, 0) is 27.7 Å². The van der Waals surface area contributed by atoms with Gasteiger partial charge in [-0.15, -0.1) is 0 Å². The Morgan fingerprint density at radius 2 is 2.19 bits per heavy atom. The van der Waals surface area contributed by atoms with Crippen molar-refractivity contribution >= 4 is 11.9 Å². The van der Waals surface area contributed by atoms with Crippen LogP contribution in [0, 0.1) is 0 Å². The van der Waals surface area contributed by atoms with Gasteiger partial charge in [0.05, 0.1) is 6.61 Å². The smallest absolute Gasteiger partial charge is 0.331 e. The molecule has 0 spiro atoms. The Morgan fingerprint density at radius 1 is 1.56 bits per heavy atom. The number of ether oxygens (including phenoxy) is 1. The normalized spacial score (nSPS) is 18.5. The molecular formula is C11H17NO4. The molecule has 1 atom stereocenters. The fourth-order valence-electron chi connectivity index (χ4n) is 1.19. The van der Waals surface area contributed by atoms with Crippen molar-refractivity contribution in [2.45, 2.75) is 39.3 Å². The molecule has 0 saturated carbocycles. The molecule has 0 aromatic rings. The molecule has 0 fully saturated rings. The van der Waals surface area contributed by atoms with Gasteiger partial charge in [-0.25, -0.2) is 9.86 Å². The maximum absolute atomic E-state index is 11.7. The summed E-state index contributed by atoms with van der Waals surface area (Å²) in [6, 6.07) is -0.739. The zero-order valence-electron chi connectivity index (χ0n) is 10.0. The zero-order valence-corrected chi connectivity index (χ0v) is 10.0. The highest BCUT2D eigenvalue weighted by Crippen LogP contribution is 2.13. The molecule has 1 aliphatic heterocycles. The third-order valence-corrected chi connectivity index (χ3v) is 1.89. The minimum Gasteiger partial charge on any atom is -0.458 e. The molecule has 1 heterocycles. The van der Waals surface area contributed by atoms with Crippen LogP contribution >= 0.6 is 0 Å². The number of hydrogen-bond donors (Lipinski definition) is 0. The van der Waals surface area contributed by atoms with Gasteiger partial charge in [0.2, 0.25) is 0 Å². The Kier molecular flexibility index (Phi) is 3.70. The van der Waals surface area contributed by atoms with Crippen LogP contribution < -0.4 is 0 Å². The zero-order chi connectivity index (χ0) is 12.3. The minimum absolute atomic E-state index is 0.291. The molecule has 1 rings (SSSR count). The average Bonchev–Trinajstić information content (AvgIpc) is 2.15. The Morgan fingerprint density at radius 3 is 2.69 bits per heavy atom. The van der Waals surface area contributed by atoms with Gasteiger partial charge < -0.3 is 4.74 Å². The Hall–Kier alpha value is -1.36. The van der Waals surface area contributed by atoms with Crippen molar-refractivity contribution in [3.05, 3.63) is 12.2 Å². The number of carbonyl (C=O) groups excluding carboxylic acids is 2. The molecule has 0 N–H and O–H groups in total. The van der Waals surface area contributed by atoms with Crippen LogP contribution in [0.15, 0.2) is 12.2 Å². The van der Waals surface area contributed by atoms with Crippen molar-refractivity contribution in [1.82, 2.24) is 5.06 Å². The van der Waals surface area contributed by atoms with Crippen molar-refractivity contribution in [3.63, 3.8) is 0 Å². The van der Waals surface area contributed by atoms with E-state index in [2.05, 4.69) is 0 Å². The topological polar surface area (TPSA) is 55.8 Å². The van der Waals surface area contributed by atoms with Gasteiger partial charge in [-0.3, -0.25) is 9.63 Å². The van der Waals surface area contributed by atoms with Gasteiger partial charge in [0.15, 0.2) is 6.04 Å². The molecule has 0 aliphatic carbocycles. The van der Waals surface area contributed by atoms with Gasteiger partial charge in [-0.2, -0.15) is 0 Å². The second-order valence-electron chi connectivity index (χ2n) is 4.57. The quantitative estimate of drug-likeness (QED) is 0.661. The Balaban J connectivity index is 2.63. The fraction of sp³-hybridized carbons (Fsp3) is 0.636. The van der Waals surface area contributed by atoms with Gasteiger partial charge in [0.1, 0.15) is 5.60 Å². The molecule has 90 valence electrons. The molecule has 5 nitrogen and oxygen atoms in total. The highest BCUT2D eigenvalue weighted by molar-refractivity contribution is 5.91. The third-order valence-electron chi connectivity index (χ3n) is 1.89.